The maximum Gasteiger partial charge on any atom is 0.252 e. The molecule has 0 aromatic heterocycles. The molecule has 1 aliphatic heterocycles. The lowest BCUT2D eigenvalue weighted by atomic mass is 10.00. The molecule has 2 amide bonds. The Morgan fingerprint density at radius 2 is 1.90 bits per heavy atom. The van der Waals surface area contributed by atoms with E-state index in [0.717, 1.165) is 12.2 Å². The number of benzene rings is 1. The molecule has 1 N–H and O–H groups in total. The predicted octanol–water partition coefficient (Wildman–Crippen LogP) is 1.72. The van der Waals surface area contributed by atoms with Crippen LogP contribution in [0.1, 0.15) is 27.2 Å². The maximum atomic E-state index is 12.3. The number of rotatable bonds is 4. The minimum atomic E-state index is -0.868. The van der Waals surface area contributed by atoms with Gasteiger partial charge in [-0.1, -0.05) is 6.92 Å². The van der Waals surface area contributed by atoms with Crippen LogP contribution in [-0.2, 0) is 9.59 Å². The molecule has 0 atom stereocenters. The third kappa shape index (κ3) is 2.92. The van der Waals surface area contributed by atoms with Crippen molar-refractivity contribution in [1.82, 2.24) is 5.32 Å². The summed E-state index contributed by atoms with van der Waals surface area (Å²) in [6.45, 7) is 6.17. The van der Waals surface area contributed by atoms with E-state index in [-0.39, 0.29) is 18.4 Å². The lowest BCUT2D eigenvalue weighted by molar-refractivity contribution is -0.134. The van der Waals surface area contributed by atoms with E-state index in [4.69, 9.17) is 4.74 Å². The van der Waals surface area contributed by atoms with Crippen LogP contribution < -0.4 is 15.0 Å². The Kier molecular flexibility index (Phi) is 3.97. The highest BCUT2D eigenvalue weighted by atomic mass is 16.5. The summed E-state index contributed by atoms with van der Waals surface area (Å²) in [5, 5.41) is 2.69. The Balaban J connectivity index is 2.18. The molecule has 1 aromatic rings. The first-order valence-corrected chi connectivity index (χ1v) is 6.80. The second-order valence-electron chi connectivity index (χ2n) is 5.41. The van der Waals surface area contributed by atoms with Gasteiger partial charge in [-0.25, -0.2) is 0 Å². The number of nitrogens with zero attached hydrogens (tertiary/aromatic N) is 1. The summed E-state index contributed by atoms with van der Waals surface area (Å²) in [6, 6.07) is 7.24. The second kappa shape index (κ2) is 5.53. The van der Waals surface area contributed by atoms with E-state index >= 15 is 0 Å². The van der Waals surface area contributed by atoms with Crippen LogP contribution >= 0.6 is 0 Å². The number of carbonyl (C=O) groups excluding carboxylic acids is 2. The van der Waals surface area contributed by atoms with E-state index in [2.05, 4.69) is 5.32 Å². The molecule has 0 unspecified atom stereocenters. The Morgan fingerprint density at radius 3 is 2.50 bits per heavy atom. The first kappa shape index (κ1) is 14.4. The number of hydrogen-bond donors (Lipinski definition) is 1. The van der Waals surface area contributed by atoms with E-state index in [9.17, 15) is 9.59 Å². The average molecular weight is 276 g/mol. The lowest BCUT2D eigenvalue weighted by Gasteiger charge is -2.37. The van der Waals surface area contributed by atoms with Gasteiger partial charge in [0.25, 0.3) is 5.91 Å². The molecule has 5 heteroatoms. The number of anilines is 1. The lowest BCUT2D eigenvalue weighted by Crippen LogP contribution is -2.64. The Morgan fingerprint density at radius 1 is 1.25 bits per heavy atom. The molecule has 0 radical (unpaired) electrons. The fourth-order valence-electron chi connectivity index (χ4n) is 2.15. The van der Waals surface area contributed by atoms with E-state index in [0.29, 0.717) is 12.3 Å². The van der Waals surface area contributed by atoms with Crippen LogP contribution in [0.4, 0.5) is 5.69 Å². The van der Waals surface area contributed by atoms with E-state index in [1.165, 1.54) is 4.90 Å². The van der Waals surface area contributed by atoms with Crippen LogP contribution in [0, 0.1) is 0 Å². The first-order chi connectivity index (χ1) is 9.44. The fraction of sp³-hybridized carbons (Fsp3) is 0.467. The van der Waals surface area contributed by atoms with E-state index < -0.39 is 5.54 Å². The van der Waals surface area contributed by atoms with Gasteiger partial charge in [-0.05, 0) is 44.5 Å². The van der Waals surface area contributed by atoms with Crippen molar-refractivity contribution in [2.45, 2.75) is 32.7 Å². The van der Waals surface area contributed by atoms with Crippen molar-refractivity contribution in [3.05, 3.63) is 24.3 Å². The van der Waals surface area contributed by atoms with Gasteiger partial charge in [0, 0.05) is 5.69 Å². The van der Waals surface area contributed by atoms with Crippen molar-refractivity contribution in [3.8, 4) is 5.75 Å². The highest BCUT2D eigenvalue weighted by Gasteiger charge is 2.39. The van der Waals surface area contributed by atoms with Gasteiger partial charge < -0.3 is 15.0 Å². The average Bonchev–Trinajstić information content (AvgIpc) is 2.41. The van der Waals surface area contributed by atoms with Crippen molar-refractivity contribution in [3.63, 3.8) is 0 Å². The molecular formula is C15H20N2O3. The second-order valence-corrected chi connectivity index (χ2v) is 5.41. The van der Waals surface area contributed by atoms with Gasteiger partial charge in [-0.15, -0.1) is 0 Å². The zero-order chi connectivity index (χ0) is 14.8. The molecule has 1 aromatic carbocycles. The van der Waals surface area contributed by atoms with E-state index in [1.807, 2.05) is 19.1 Å². The Hall–Kier alpha value is -2.04. The fourth-order valence-corrected chi connectivity index (χ4v) is 2.15. The number of carbonyl (C=O) groups is 2. The molecule has 108 valence electrons. The number of amides is 2. The van der Waals surface area contributed by atoms with Crippen molar-refractivity contribution in [2.24, 2.45) is 0 Å². The number of nitrogens with one attached hydrogen (secondary N) is 1. The zero-order valence-corrected chi connectivity index (χ0v) is 12.1. The molecule has 0 aliphatic carbocycles. The van der Waals surface area contributed by atoms with Crippen LogP contribution in [0.25, 0.3) is 0 Å². The summed E-state index contributed by atoms with van der Waals surface area (Å²) in [7, 11) is 0. The molecule has 2 rings (SSSR count). The summed E-state index contributed by atoms with van der Waals surface area (Å²) < 4.78 is 5.50. The van der Waals surface area contributed by atoms with Gasteiger partial charge >= 0.3 is 0 Å². The number of hydrogen-bond acceptors (Lipinski definition) is 3. The summed E-state index contributed by atoms with van der Waals surface area (Å²) in [4.78, 5) is 25.5. The smallest absolute Gasteiger partial charge is 0.252 e. The Bertz CT molecular complexity index is 508. The van der Waals surface area contributed by atoms with Gasteiger partial charge in [-0.3, -0.25) is 9.59 Å². The van der Waals surface area contributed by atoms with Crippen molar-refractivity contribution in [1.29, 1.82) is 0 Å². The molecule has 1 fully saturated rings. The quantitative estimate of drug-likeness (QED) is 0.911. The first-order valence-electron chi connectivity index (χ1n) is 6.80. The number of piperazine rings is 1. The number of ether oxygens (including phenoxy) is 1. The van der Waals surface area contributed by atoms with Crippen molar-refractivity contribution >= 4 is 17.5 Å². The van der Waals surface area contributed by atoms with Gasteiger partial charge in [0.2, 0.25) is 5.91 Å². The highest BCUT2D eigenvalue weighted by molar-refractivity contribution is 6.08. The largest absolute Gasteiger partial charge is 0.494 e. The minimum absolute atomic E-state index is 0.0530. The van der Waals surface area contributed by atoms with E-state index in [1.54, 1.807) is 26.0 Å². The minimum Gasteiger partial charge on any atom is -0.494 e. The van der Waals surface area contributed by atoms with Crippen LogP contribution in [0.3, 0.4) is 0 Å². The summed E-state index contributed by atoms with van der Waals surface area (Å²) >= 11 is 0. The summed E-state index contributed by atoms with van der Waals surface area (Å²) in [5.41, 5.74) is -0.158. The molecule has 0 saturated carbocycles. The van der Waals surface area contributed by atoms with Crippen molar-refractivity contribution in [2.75, 3.05) is 18.1 Å². The third-order valence-corrected chi connectivity index (χ3v) is 3.15. The summed E-state index contributed by atoms with van der Waals surface area (Å²) in [5.74, 6) is 0.504. The zero-order valence-electron chi connectivity index (χ0n) is 12.1. The van der Waals surface area contributed by atoms with Crippen LogP contribution in [0.15, 0.2) is 24.3 Å². The topological polar surface area (TPSA) is 58.6 Å². The molecule has 1 saturated heterocycles. The SMILES string of the molecule is CCCOc1ccc(N2CC(=O)NC(C)(C)C2=O)cc1. The van der Waals surface area contributed by atoms with Gasteiger partial charge in [0.15, 0.2) is 0 Å². The molecule has 20 heavy (non-hydrogen) atoms. The van der Waals surface area contributed by atoms with Crippen LogP contribution in [-0.4, -0.2) is 30.5 Å². The predicted molar refractivity (Wildman–Crippen MR) is 76.8 cm³/mol. The van der Waals surface area contributed by atoms with Crippen molar-refractivity contribution < 1.29 is 14.3 Å². The third-order valence-electron chi connectivity index (χ3n) is 3.15. The molecular weight excluding hydrogens is 256 g/mol. The normalized spacial score (nSPS) is 17.9. The van der Waals surface area contributed by atoms with Gasteiger partial charge in [0.05, 0.1) is 6.61 Å². The van der Waals surface area contributed by atoms with Crippen LogP contribution in [0.5, 0.6) is 5.75 Å². The maximum absolute atomic E-state index is 12.3. The standard InChI is InChI=1S/C15H20N2O3/c1-4-9-20-12-7-5-11(6-8-12)17-10-13(18)16-15(2,3)14(17)19/h5-8H,4,9-10H2,1-3H3,(H,16,18). The summed E-state index contributed by atoms with van der Waals surface area (Å²) in [6.07, 6.45) is 0.945. The molecule has 5 nitrogen and oxygen atoms in total. The molecule has 1 heterocycles. The molecule has 0 bridgehead atoms. The monoisotopic (exact) mass is 276 g/mol. The molecule has 0 spiro atoms. The molecule has 1 aliphatic rings. The van der Waals surface area contributed by atoms with Gasteiger partial charge in [-0.2, -0.15) is 0 Å². The van der Waals surface area contributed by atoms with Crippen LogP contribution in [0.2, 0.25) is 0 Å². The highest BCUT2D eigenvalue weighted by Crippen LogP contribution is 2.24. The Labute approximate surface area is 118 Å². The van der Waals surface area contributed by atoms with Gasteiger partial charge in [0.1, 0.15) is 17.8 Å².